The molecule has 0 saturated carbocycles. The molecule has 0 aliphatic heterocycles. The van der Waals surface area contributed by atoms with Crippen molar-refractivity contribution >= 4 is 10.9 Å². The largest absolute Gasteiger partial charge is 0.361 e. The maximum atomic E-state index is 3.30. The van der Waals surface area contributed by atoms with Crippen molar-refractivity contribution in [3.05, 3.63) is 36.0 Å². The fraction of sp³-hybridized carbons (Fsp3) is 0.333. The number of nitrogens with one attached hydrogen (secondary N) is 1. The van der Waals surface area contributed by atoms with Crippen LogP contribution < -0.4 is 0 Å². The summed E-state index contributed by atoms with van der Waals surface area (Å²) >= 11 is 0. The van der Waals surface area contributed by atoms with Crippen molar-refractivity contribution in [1.82, 2.24) is 4.98 Å². The van der Waals surface area contributed by atoms with Crippen LogP contribution in [0.15, 0.2) is 30.5 Å². The molecule has 0 aliphatic rings. The molecule has 1 nitrogen and oxygen atoms in total. The first kappa shape index (κ1) is 8.36. The van der Waals surface area contributed by atoms with Crippen LogP contribution in [0.5, 0.6) is 0 Å². The van der Waals surface area contributed by atoms with Gasteiger partial charge in [0.2, 0.25) is 0 Å². The average molecular weight is 175 g/mol. The second-order valence-electron chi connectivity index (χ2n) is 3.46. The van der Waals surface area contributed by atoms with E-state index < -0.39 is 0 Å². The van der Waals surface area contributed by atoms with E-state index in [2.05, 4.69) is 42.4 Å². The third kappa shape index (κ3) is 1.59. The number of aromatic amines is 1. The van der Waals surface area contributed by atoms with E-state index in [9.17, 15) is 0 Å². The Morgan fingerprint density at radius 1 is 1.31 bits per heavy atom. The van der Waals surface area contributed by atoms with Gasteiger partial charge in [-0.1, -0.05) is 31.5 Å². The number of H-pyrrole nitrogens is 1. The fourth-order valence-corrected chi connectivity index (χ4v) is 1.71. The molecular weight excluding hydrogens is 158 g/mol. The van der Waals surface area contributed by atoms with E-state index in [1.54, 1.807) is 0 Å². The highest BCUT2D eigenvalue weighted by Crippen LogP contribution is 2.19. The topological polar surface area (TPSA) is 15.8 Å². The molecule has 1 heterocycles. The van der Waals surface area contributed by atoms with E-state index in [1.807, 2.05) is 0 Å². The normalized spacial score (nSPS) is 10.8. The highest BCUT2D eigenvalue weighted by Gasteiger charge is 2.00. The summed E-state index contributed by atoms with van der Waals surface area (Å²) < 4.78 is 0. The summed E-state index contributed by atoms with van der Waals surface area (Å²) in [5, 5.41) is 1.39. The van der Waals surface area contributed by atoms with E-state index in [1.165, 1.54) is 35.7 Å². The molecule has 0 unspecified atom stereocenters. The first-order valence-electron chi connectivity index (χ1n) is 4.97. The van der Waals surface area contributed by atoms with Gasteiger partial charge in [-0.3, -0.25) is 0 Å². The molecule has 0 bridgehead atoms. The molecule has 0 radical (unpaired) electrons. The molecule has 0 aliphatic carbocycles. The van der Waals surface area contributed by atoms with Gasteiger partial charge in [0.1, 0.15) is 0 Å². The average Bonchev–Trinajstić information content (AvgIpc) is 2.58. The van der Waals surface area contributed by atoms with Crippen molar-refractivity contribution < 1.29 is 1.43 Å². The molecule has 0 spiro atoms. The third-order valence-corrected chi connectivity index (χ3v) is 2.47. The molecule has 1 heteroatoms. The Hall–Kier alpha value is -1.24. The summed E-state index contributed by atoms with van der Waals surface area (Å²) in [6.45, 7) is 2.23. The zero-order chi connectivity index (χ0) is 9.10. The van der Waals surface area contributed by atoms with Gasteiger partial charge >= 0.3 is 0 Å². The molecule has 70 valence electrons. The Morgan fingerprint density at radius 2 is 2.15 bits per heavy atom. The number of aromatic nitrogens is 1. The van der Waals surface area contributed by atoms with Gasteiger partial charge in [-0.25, -0.2) is 0 Å². The second-order valence-corrected chi connectivity index (χ2v) is 3.46. The Kier molecular flexibility index (Phi) is 2.35. The third-order valence-electron chi connectivity index (χ3n) is 2.47. The minimum Gasteiger partial charge on any atom is -0.361 e. The lowest BCUT2D eigenvalue weighted by Gasteiger charge is -1.95. The summed E-state index contributed by atoms with van der Waals surface area (Å²) in [5.74, 6) is 0. The van der Waals surface area contributed by atoms with Crippen LogP contribution in [-0.4, -0.2) is 4.98 Å². The SMILES string of the molecule is CCCCc1c[nH]c2ccccc12.[HH]. The Morgan fingerprint density at radius 3 is 3.00 bits per heavy atom. The Labute approximate surface area is 80.3 Å². The number of hydrogen-bond acceptors (Lipinski definition) is 0. The van der Waals surface area contributed by atoms with Crippen LogP contribution in [0.1, 0.15) is 26.8 Å². The van der Waals surface area contributed by atoms with Crippen LogP contribution in [0.25, 0.3) is 10.9 Å². The molecule has 0 saturated heterocycles. The molecule has 0 fully saturated rings. The first-order valence-corrected chi connectivity index (χ1v) is 4.97. The lowest BCUT2D eigenvalue weighted by Crippen LogP contribution is -1.80. The molecule has 1 N–H and O–H groups in total. The fourth-order valence-electron chi connectivity index (χ4n) is 1.71. The van der Waals surface area contributed by atoms with Crippen LogP contribution in [0.3, 0.4) is 0 Å². The molecule has 2 aromatic rings. The van der Waals surface area contributed by atoms with Crippen LogP contribution in [0.4, 0.5) is 0 Å². The predicted molar refractivity (Wildman–Crippen MR) is 59.0 cm³/mol. The molecule has 0 atom stereocenters. The molecule has 2 rings (SSSR count). The summed E-state index contributed by atoms with van der Waals surface area (Å²) in [6, 6.07) is 8.50. The van der Waals surface area contributed by atoms with E-state index in [-0.39, 0.29) is 1.43 Å². The van der Waals surface area contributed by atoms with E-state index in [0.717, 1.165) is 0 Å². The van der Waals surface area contributed by atoms with Crippen molar-refractivity contribution in [3.8, 4) is 0 Å². The first-order chi connectivity index (χ1) is 6.42. The lowest BCUT2D eigenvalue weighted by atomic mass is 10.1. The van der Waals surface area contributed by atoms with Gasteiger partial charge in [0.15, 0.2) is 0 Å². The summed E-state index contributed by atoms with van der Waals surface area (Å²) in [5.41, 5.74) is 2.71. The number of para-hydroxylation sites is 1. The monoisotopic (exact) mass is 175 g/mol. The van der Waals surface area contributed by atoms with E-state index in [4.69, 9.17) is 0 Å². The van der Waals surface area contributed by atoms with E-state index in [0.29, 0.717) is 0 Å². The van der Waals surface area contributed by atoms with E-state index >= 15 is 0 Å². The minimum absolute atomic E-state index is 0. The molecule has 13 heavy (non-hydrogen) atoms. The quantitative estimate of drug-likeness (QED) is 0.731. The zero-order valence-corrected chi connectivity index (χ0v) is 8.01. The van der Waals surface area contributed by atoms with Crippen LogP contribution >= 0.6 is 0 Å². The lowest BCUT2D eigenvalue weighted by molar-refractivity contribution is 0.799. The zero-order valence-electron chi connectivity index (χ0n) is 8.01. The number of fused-ring (bicyclic) bond motifs is 1. The van der Waals surface area contributed by atoms with Gasteiger partial charge in [-0.2, -0.15) is 0 Å². The van der Waals surface area contributed by atoms with Crippen LogP contribution in [0, 0.1) is 0 Å². The summed E-state index contributed by atoms with van der Waals surface area (Å²) in [7, 11) is 0. The van der Waals surface area contributed by atoms with Gasteiger partial charge < -0.3 is 4.98 Å². The number of aryl methyl sites for hydroxylation is 1. The molecule has 0 amide bonds. The maximum absolute atomic E-state index is 3.30. The van der Waals surface area contributed by atoms with Crippen molar-refractivity contribution in [2.45, 2.75) is 26.2 Å². The predicted octanol–water partition coefficient (Wildman–Crippen LogP) is 3.76. The summed E-state index contributed by atoms with van der Waals surface area (Å²) in [4.78, 5) is 3.30. The second kappa shape index (κ2) is 3.65. The molecular formula is C12H17N. The maximum Gasteiger partial charge on any atom is 0.0456 e. The van der Waals surface area contributed by atoms with Gasteiger partial charge in [-0.15, -0.1) is 0 Å². The van der Waals surface area contributed by atoms with Crippen LogP contribution in [-0.2, 0) is 6.42 Å². The highest BCUT2D eigenvalue weighted by molar-refractivity contribution is 5.82. The highest BCUT2D eigenvalue weighted by atomic mass is 14.7. The number of hydrogen-bond donors (Lipinski definition) is 1. The Balaban J connectivity index is 0.000000980. The standard InChI is InChI=1S/C12H15N.H2/c1-2-3-6-10-9-13-12-8-5-4-7-11(10)12;/h4-5,7-9,13H,2-3,6H2,1H3;1H. The van der Waals surface area contributed by atoms with Crippen molar-refractivity contribution in [1.29, 1.82) is 0 Å². The van der Waals surface area contributed by atoms with Gasteiger partial charge in [0, 0.05) is 18.5 Å². The van der Waals surface area contributed by atoms with Gasteiger partial charge in [-0.05, 0) is 24.5 Å². The Bertz CT molecular complexity index is 392. The van der Waals surface area contributed by atoms with Crippen molar-refractivity contribution in [3.63, 3.8) is 0 Å². The van der Waals surface area contributed by atoms with Crippen molar-refractivity contribution in [2.75, 3.05) is 0 Å². The number of benzene rings is 1. The summed E-state index contributed by atoms with van der Waals surface area (Å²) in [6.07, 6.45) is 5.88. The van der Waals surface area contributed by atoms with Gasteiger partial charge in [0.25, 0.3) is 0 Å². The minimum atomic E-state index is 0. The number of unbranched alkanes of at least 4 members (excludes halogenated alkanes) is 1. The smallest absolute Gasteiger partial charge is 0.0456 e. The molecule has 1 aromatic heterocycles. The van der Waals surface area contributed by atoms with Gasteiger partial charge in [0.05, 0.1) is 0 Å². The van der Waals surface area contributed by atoms with Crippen LogP contribution in [0.2, 0.25) is 0 Å². The molecule has 1 aromatic carbocycles. The van der Waals surface area contributed by atoms with Crippen molar-refractivity contribution in [2.24, 2.45) is 0 Å². The number of rotatable bonds is 3.